The molecule has 2 bridgehead atoms. The number of benzene rings is 3. The molecule has 3 aromatic rings. The van der Waals surface area contributed by atoms with Gasteiger partial charge in [-0.05, 0) is 68.7 Å². The minimum Gasteiger partial charge on any atom is -0.497 e. The van der Waals surface area contributed by atoms with E-state index >= 15 is 0 Å². The molecule has 0 N–H and O–H groups in total. The molecule has 0 spiro atoms. The maximum atomic E-state index is 9.21. The quantitative estimate of drug-likeness (QED) is 0.0758. The van der Waals surface area contributed by atoms with Gasteiger partial charge in [0, 0.05) is 18.1 Å². The Morgan fingerprint density at radius 3 is 1.96 bits per heavy atom. The molecule has 0 saturated carbocycles. The van der Waals surface area contributed by atoms with Gasteiger partial charge < -0.3 is 32.7 Å². The van der Waals surface area contributed by atoms with Crippen molar-refractivity contribution in [2.75, 3.05) is 34.0 Å². The first-order valence-electron chi connectivity index (χ1n) is 16.0. The van der Waals surface area contributed by atoms with Crippen molar-refractivity contribution in [1.82, 2.24) is 4.67 Å². The molecule has 2 saturated heterocycles. The van der Waals surface area contributed by atoms with E-state index in [9.17, 15) is 5.26 Å². The highest BCUT2D eigenvalue weighted by molar-refractivity contribution is 7.44. The SMILES string of the molecule is [B][C@@H]1O[C@@]2(COC(c3ccccc3)(c3ccc(OC)cc3)c3ccc(OC)cc3)CO[C@@H]1[C@@H]2OP(OCCC#N)N(C(C)C)C(C)C. The van der Waals surface area contributed by atoms with Gasteiger partial charge in [-0.15, -0.1) is 0 Å². The first kappa shape index (κ1) is 35.3. The van der Waals surface area contributed by atoms with Crippen LogP contribution >= 0.6 is 8.53 Å². The van der Waals surface area contributed by atoms with E-state index in [1.165, 1.54) is 0 Å². The summed E-state index contributed by atoms with van der Waals surface area (Å²) in [4.78, 5) is 0. The van der Waals surface area contributed by atoms with Crippen LogP contribution in [-0.2, 0) is 28.9 Å². The number of hydrogen-bond donors (Lipinski definition) is 0. The van der Waals surface area contributed by atoms with Crippen LogP contribution in [0, 0.1) is 11.3 Å². The standard InChI is InChI=1S/C36H44BN2O7P/c1-25(2)39(26(3)4)47(44-22-10-21-38)46-33-32-34(37)45-35(33,23-42-32)24-43-36(27-11-8-7-9-12-27,28-13-17-30(40-5)18-14-28)29-15-19-31(41-6)20-16-29/h7-9,11-20,25-26,32-34H,10,22-24H2,1-6H3/t32-,33+,34-,35-,47?/m1/s1. The van der Waals surface area contributed by atoms with Gasteiger partial charge in [0.15, 0.2) is 0 Å². The molecule has 1 unspecified atom stereocenters. The highest BCUT2D eigenvalue weighted by Crippen LogP contribution is 2.54. The van der Waals surface area contributed by atoms with Crippen molar-refractivity contribution in [3.8, 4) is 17.6 Å². The highest BCUT2D eigenvalue weighted by Gasteiger charge is 2.63. The molecule has 0 aliphatic carbocycles. The van der Waals surface area contributed by atoms with Crippen LogP contribution in [0.4, 0.5) is 0 Å². The molecule has 0 aromatic heterocycles. The van der Waals surface area contributed by atoms with Crippen LogP contribution in [0.15, 0.2) is 78.9 Å². The van der Waals surface area contributed by atoms with Gasteiger partial charge in [0.25, 0.3) is 8.53 Å². The summed E-state index contributed by atoms with van der Waals surface area (Å²) in [7, 11) is 8.23. The fraction of sp³-hybridized carbons (Fsp3) is 0.472. The summed E-state index contributed by atoms with van der Waals surface area (Å²) in [6, 6.07) is 27.6. The minimum absolute atomic E-state index is 0.0968. The van der Waals surface area contributed by atoms with Gasteiger partial charge in [-0.3, -0.25) is 0 Å². The molecule has 248 valence electrons. The number of nitriles is 1. The first-order valence-corrected chi connectivity index (χ1v) is 17.1. The Bertz CT molecular complexity index is 1420. The molecular formula is C36H44BN2O7P. The van der Waals surface area contributed by atoms with Crippen LogP contribution in [0.3, 0.4) is 0 Å². The van der Waals surface area contributed by atoms with E-state index in [-0.39, 0.29) is 38.3 Å². The van der Waals surface area contributed by atoms with E-state index in [2.05, 4.69) is 50.6 Å². The van der Waals surface area contributed by atoms with Crippen molar-refractivity contribution in [3.63, 3.8) is 0 Å². The number of hydrogen-bond acceptors (Lipinski definition) is 9. The summed E-state index contributed by atoms with van der Waals surface area (Å²) in [5.41, 5.74) is 0.628. The van der Waals surface area contributed by atoms with Gasteiger partial charge in [0.2, 0.25) is 0 Å². The molecule has 11 heteroatoms. The average molecular weight is 659 g/mol. The molecular weight excluding hydrogens is 614 g/mol. The number of fused-ring (bicyclic) bond motifs is 2. The van der Waals surface area contributed by atoms with Crippen LogP contribution < -0.4 is 9.47 Å². The smallest absolute Gasteiger partial charge is 0.259 e. The topological polar surface area (TPSA) is 91.6 Å². The van der Waals surface area contributed by atoms with E-state index in [0.717, 1.165) is 28.2 Å². The summed E-state index contributed by atoms with van der Waals surface area (Å²) in [5, 5.41) is 9.21. The fourth-order valence-electron chi connectivity index (χ4n) is 6.42. The maximum Gasteiger partial charge on any atom is 0.259 e. The van der Waals surface area contributed by atoms with Crippen molar-refractivity contribution >= 4 is 16.4 Å². The summed E-state index contributed by atoms with van der Waals surface area (Å²) in [6.45, 7) is 8.99. The summed E-state index contributed by atoms with van der Waals surface area (Å²) < 4.78 is 46.3. The summed E-state index contributed by atoms with van der Waals surface area (Å²) in [5.74, 6) is 1.47. The molecule has 2 heterocycles. The lowest BCUT2D eigenvalue weighted by Crippen LogP contribution is -2.49. The Hall–Kier alpha value is -3.00. The van der Waals surface area contributed by atoms with E-state index in [4.69, 9.17) is 40.6 Å². The van der Waals surface area contributed by atoms with Crippen LogP contribution in [-0.4, -0.2) is 82.5 Å². The Morgan fingerprint density at radius 1 is 0.915 bits per heavy atom. The lowest BCUT2D eigenvalue weighted by Gasteiger charge is -2.41. The van der Waals surface area contributed by atoms with E-state index < -0.39 is 37.9 Å². The van der Waals surface area contributed by atoms with Crippen molar-refractivity contribution in [2.24, 2.45) is 0 Å². The summed E-state index contributed by atoms with van der Waals surface area (Å²) >= 11 is 0. The zero-order chi connectivity index (χ0) is 33.6. The lowest BCUT2D eigenvalue weighted by molar-refractivity contribution is -0.163. The molecule has 47 heavy (non-hydrogen) atoms. The maximum absolute atomic E-state index is 9.21. The van der Waals surface area contributed by atoms with Gasteiger partial charge in [0.1, 0.15) is 42.8 Å². The van der Waals surface area contributed by atoms with Gasteiger partial charge in [0.05, 0.1) is 46.5 Å². The predicted molar refractivity (Wildman–Crippen MR) is 181 cm³/mol. The second-order valence-corrected chi connectivity index (χ2v) is 13.7. The van der Waals surface area contributed by atoms with E-state index in [1.807, 2.05) is 66.7 Å². The highest BCUT2D eigenvalue weighted by atomic mass is 31.2. The second-order valence-electron chi connectivity index (χ2n) is 12.3. The molecule has 5 rings (SSSR count). The molecule has 5 atom stereocenters. The van der Waals surface area contributed by atoms with Gasteiger partial charge in [-0.1, -0.05) is 54.6 Å². The van der Waals surface area contributed by atoms with Crippen LogP contribution in [0.5, 0.6) is 11.5 Å². The zero-order valence-corrected chi connectivity index (χ0v) is 28.9. The Balaban J connectivity index is 1.56. The number of nitrogens with zero attached hydrogens (tertiary/aromatic N) is 2. The molecule has 9 nitrogen and oxygen atoms in total. The lowest BCUT2D eigenvalue weighted by atomic mass is 9.79. The van der Waals surface area contributed by atoms with Crippen molar-refractivity contribution in [1.29, 1.82) is 5.26 Å². The van der Waals surface area contributed by atoms with Crippen molar-refractivity contribution < 1.29 is 32.7 Å². The first-order chi connectivity index (χ1) is 22.7. The van der Waals surface area contributed by atoms with E-state index in [1.54, 1.807) is 14.2 Å². The Labute approximate surface area is 281 Å². The minimum atomic E-state index is -1.59. The fourth-order valence-corrected chi connectivity index (χ4v) is 8.23. The van der Waals surface area contributed by atoms with Gasteiger partial charge >= 0.3 is 0 Å². The van der Waals surface area contributed by atoms with Crippen LogP contribution in [0.2, 0.25) is 0 Å². The molecule has 0 amide bonds. The molecule has 2 fully saturated rings. The normalized spacial score (nSPS) is 22.9. The monoisotopic (exact) mass is 658 g/mol. The second kappa shape index (κ2) is 15.5. The molecule has 3 aromatic carbocycles. The third-order valence-electron chi connectivity index (χ3n) is 8.60. The van der Waals surface area contributed by atoms with Crippen LogP contribution in [0.1, 0.15) is 50.8 Å². The van der Waals surface area contributed by atoms with Gasteiger partial charge in [-0.25, -0.2) is 4.67 Å². The number of rotatable bonds is 16. The third-order valence-corrected chi connectivity index (χ3v) is 10.7. The zero-order valence-electron chi connectivity index (χ0n) is 28.0. The average Bonchev–Trinajstić information content (AvgIpc) is 3.55. The summed E-state index contributed by atoms with van der Waals surface area (Å²) in [6.07, 6.45) is -0.840. The van der Waals surface area contributed by atoms with Gasteiger partial charge in [-0.2, -0.15) is 5.26 Å². The van der Waals surface area contributed by atoms with E-state index in [0.29, 0.717) is 0 Å². The predicted octanol–water partition coefficient (Wildman–Crippen LogP) is 6.34. The number of ether oxygens (including phenoxy) is 5. The van der Waals surface area contributed by atoms with Crippen molar-refractivity contribution in [2.45, 2.75) is 75.6 Å². The molecule has 2 aliphatic heterocycles. The molecule has 2 radical (unpaired) electrons. The third kappa shape index (κ3) is 7.23. The van der Waals surface area contributed by atoms with Crippen molar-refractivity contribution in [3.05, 3.63) is 95.6 Å². The Morgan fingerprint density at radius 2 is 1.47 bits per heavy atom. The van der Waals surface area contributed by atoms with Crippen LogP contribution in [0.25, 0.3) is 0 Å². The largest absolute Gasteiger partial charge is 0.497 e. The molecule has 2 aliphatic rings. The Kier molecular flexibility index (Phi) is 11.6. The number of methoxy groups -OCH3 is 2.